The van der Waals surface area contributed by atoms with E-state index in [0.29, 0.717) is 12.4 Å². The number of hydrogen-bond donors (Lipinski definition) is 2. The second-order valence-electron chi connectivity index (χ2n) is 5.33. The molecular weight excluding hydrogens is 321 g/mol. The van der Waals surface area contributed by atoms with Crippen molar-refractivity contribution in [1.82, 2.24) is 9.97 Å². The summed E-state index contributed by atoms with van der Waals surface area (Å²) in [5.74, 6) is -0.539. The molecule has 1 amide bonds. The van der Waals surface area contributed by atoms with Gasteiger partial charge in [-0.3, -0.25) is 9.78 Å². The van der Waals surface area contributed by atoms with E-state index in [4.69, 9.17) is 17.3 Å². The predicted molar refractivity (Wildman–Crippen MR) is 86.2 cm³/mol. The molecule has 6 nitrogen and oxygen atoms in total. The van der Waals surface area contributed by atoms with Crippen LogP contribution in [0.15, 0.2) is 30.6 Å². The lowest BCUT2D eigenvalue weighted by Gasteiger charge is -2.19. The largest absolute Gasteiger partial charge is 0.369 e. The van der Waals surface area contributed by atoms with Crippen LogP contribution in [0.5, 0.6) is 0 Å². The molecule has 8 heteroatoms. The van der Waals surface area contributed by atoms with E-state index < -0.39 is 11.7 Å². The van der Waals surface area contributed by atoms with Gasteiger partial charge in [0.25, 0.3) is 5.91 Å². The highest BCUT2D eigenvalue weighted by molar-refractivity contribution is 6.31. The molecule has 120 valence electrons. The van der Waals surface area contributed by atoms with Crippen LogP contribution >= 0.6 is 11.6 Å². The molecule has 2 heterocycles. The fraction of sp³-hybridized carbons (Fsp3) is 0.267. The smallest absolute Gasteiger partial charge is 0.268 e. The van der Waals surface area contributed by atoms with Crippen molar-refractivity contribution in [3.05, 3.63) is 47.1 Å². The molecule has 1 unspecified atom stereocenters. The van der Waals surface area contributed by atoms with Crippen LogP contribution in [0.2, 0.25) is 5.02 Å². The number of nitrogens with zero attached hydrogens (tertiary/aromatic N) is 3. The van der Waals surface area contributed by atoms with Gasteiger partial charge in [0.05, 0.1) is 17.4 Å². The first-order valence-corrected chi connectivity index (χ1v) is 7.49. The van der Waals surface area contributed by atoms with Gasteiger partial charge in [0.1, 0.15) is 17.3 Å². The van der Waals surface area contributed by atoms with Gasteiger partial charge in [-0.25, -0.2) is 9.37 Å². The standard InChI is InChI=1S/C15H15ClFN5O/c16-11-5-10(1-2-12(11)17)22-4-3-9(8-22)20-14-7-19-6-13(21-14)15(18)23/h1-2,5-7,9H,3-4,8H2,(H2,18,23)(H,20,21). The van der Waals surface area contributed by atoms with Crippen LogP contribution in [0.4, 0.5) is 15.9 Å². The van der Waals surface area contributed by atoms with E-state index in [2.05, 4.69) is 20.2 Å². The molecule has 0 aliphatic carbocycles. The van der Waals surface area contributed by atoms with Crippen molar-refractivity contribution in [2.45, 2.75) is 12.5 Å². The minimum atomic E-state index is -0.616. The Bertz CT molecular complexity index is 742. The highest BCUT2D eigenvalue weighted by Gasteiger charge is 2.23. The molecule has 1 aromatic carbocycles. The van der Waals surface area contributed by atoms with Gasteiger partial charge < -0.3 is 16.0 Å². The average Bonchev–Trinajstić information content (AvgIpc) is 2.99. The van der Waals surface area contributed by atoms with E-state index in [-0.39, 0.29) is 16.8 Å². The third kappa shape index (κ3) is 3.50. The van der Waals surface area contributed by atoms with Gasteiger partial charge in [-0.2, -0.15) is 0 Å². The number of halogens is 2. The summed E-state index contributed by atoms with van der Waals surface area (Å²) in [5, 5.41) is 3.34. The Hall–Kier alpha value is -2.41. The summed E-state index contributed by atoms with van der Waals surface area (Å²) in [5.41, 5.74) is 6.19. The fourth-order valence-corrected chi connectivity index (χ4v) is 2.73. The van der Waals surface area contributed by atoms with Crippen molar-refractivity contribution in [2.75, 3.05) is 23.3 Å². The summed E-state index contributed by atoms with van der Waals surface area (Å²) < 4.78 is 13.2. The van der Waals surface area contributed by atoms with Crippen LogP contribution in [-0.4, -0.2) is 35.0 Å². The molecule has 1 saturated heterocycles. The zero-order valence-electron chi connectivity index (χ0n) is 12.2. The molecule has 2 aromatic rings. The molecule has 1 atom stereocenters. The van der Waals surface area contributed by atoms with Gasteiger partial charge in [-0.15, -0.1) is 0 Å². The Morgan fingerprint density at radius 2 is 2.26 bits per heavy atom. The number of anilines is 2. The SMILES string of the molecule is NC(=O)c1cncc(NC2CCN(c3ccc(F)c(Cl)c3)C2)n1. The first kappa shape index (κ1) is 15.5. The van der Waals surface area contributed by atoms with E-state index in [1.807, 2.05) is 0 Å². The maximum Gasteiger partial charge on any atom is 0.268 e. The van der Waals surface area contributed by atoms with Gasteiger partial charge in [0.15, 0.2) is 0 Å². The highest BCUT2D eigenvalue weighted by Crippen LogP contribution is 2.26. The summed E-state index contributed by atoms with van der Waals surface area (Å²) in [6.45, 7) is 1.52. The third-order valence-corrected chi connectivity index (χ3v) is 3.99. The van der Waals surface area contributed by atoms with E-state index in [9.17, 15) is 9.18 Å². The van der Waals surface area contributed by atoms with Crippen LogP contribution in [-0.2, 0) is 0 Å². The molecule has 0 bridgehead atoms. The van der Waals surface area contributed by atoms with Crippen LogP contribution in [0.3, 0.4) is 0 Å². The topological polar surface area (TPSA) is 84.1 Å². The fourth-order valence-electron chi connectivity index (χ4n) is 2.56. The number of carbonyl (C=O) groups excluding carboxylic acids is 1. The van der Waals surface area contributed by atoms with E-state index >= 15 is 0 Å². The summed E-state index contributed by atoms with van der Waals surface area (Å²) in [6, 6.07) is 4.82. The van der Waals surface area contributed by atoms with Crippen molar-refractivity contribution in [1.29, 1.82) is 0 Å². The molecule has 23 heavy (non-hydrogen) atoms. The maximum atomic E-state index is 13.2. The van der Waals surface area contributed by atoms with Crippen molar-refractivity contribution in [3.63, 3.8) is 0 Å². The number of aromatic nitrogens is 2. The minimum Gasteiger partial charge on any atom is -0.369 e. The summed E-state index contributed by atoms with van der Waals surface area (Å²) in [6.07, 6.45) is 3.75. The zero-order valence-corrected chi connectivity index (χ0v) is 12.9. The van der Waals surface area contributed by atoms with Gasteiger partial charge >= 0.3 is 0 Å². The van der Waals surface area contributed by atoms with Crippen molar-refractivity contribution in [3.8, 4) is 0 Å². The van der Waals surface area contributed by atoms with Gasteiger partial charge in [-0.05, 0) is 24.6 Å². The lowest BCUT2D eigenvalue weighted by atomic mass is 10.2. The Labute approximate surface area is 137 Å². The number of nitrogens with one attached hydrogen (secondary N) is 1. The second kappa shape index (κ2) is 6.37. The minimum absolute atomic E-state index is 0.110. The lowest BCUT2D eigenvalue weighted by molar-refractivity contribution is 0.0995. The number of nitrogens with two attached hydrogens (primary N) is 1. The summed E-state index contributed by atoms with van der Waals surface area (Å²) in [7, 11) is 0. The molecule has 3 N–H and O–H groups in total. The van der Waals surface area contributed by atoms with Crippen molar-refractivity contribution < 1.29 is 9.18 Å². The highest BCUT2D eigenvalue weighted by atomic mass is 35.5. The molecule has 3 rings (SSSR count). The van der Waals surface area contributed by atoms with Gasteiger partial charge in [0, 0.05) is 24.8 Å². The van der Waals surface area contributed by atoms with Crippen LogP contribution in [0.25, 0.3) is 0 Å². The number of hydrogen-bond acceptors (Lipinski definition) is 5. The lowest BCUT2D eigenvalue weighted by Crippen LogP contribution is -2.26. The molecule has 1 aliphatic rings. The zero-order chi connectivity index (χ0) is 16.4. The average molecular weight is 336 g/mol. The summed E-state index contributed by atoms with van der Waals surface area (Å²) >= 11 is 5.83. The Morgan fingerprint density at radius 1 is 1.43 bits per heavy atom. The van der Waals surface area contributed by atoms with E-state index in [0.717, 1.165) is 18.7 Å². The Balaban J connectivity index is 1.67. The Kier molecular flexibility index (Phi) is 4.29. The Morgan fingerprint density at radius 3 is 3.00 bits per heavy atom. The van der Waals surface area contributed by atoms with Crippen molar-refractivity contribution in [2.24, 2.45) is 5.73 Å². The molecule has 0 radical (unpaired) electrons. The molecule has 0 saturated carbocycles. The molecule has 0 spiro atoms. The number of amides is 1. The quantitative estimate of drug-likeness (QED) is 0.893. The van der Waals surface area contributed by atoms with E-state index in [1.54, 1.807) is 18.3 Å². The normalized spacial score (nSPS) is 17.3. The van der Waals surface area contributed by atoms with Gasteiger partial charge in [-0.1, -0.05) is 11.6 Å². The monoisotopic (exact) mass is 335 g/mol. The first-order chi connectivity index (χ1) is 11.0. The second-order valence-corrected chi connectivity index (χ2v) is 5.74. The summed E-state index contributed by atoms with van der Waals surface area (Å²) in [4.78, 5) is 21.3. The first-order valence-electron chi connectivity index (χ1n) is 7.11. The maximum absolute atomic E-state index is 13.2. The number of carbonyl (C=O) groups is 1. The molecule has 1 aliphatic heterocycles. The predicted octanol–water partition coefficient (Wildman–Crippen LogP) is 2.06. The molecular formula is C15H15ClFN5O. The van der Waals surface area contributed by atoms with E-state index in [1.165, 1.54) is 12.3 Å². The van der Waals surface area contributed by atoms with Crippen LogP contribution < -0.4 is 16.0 Å². The molecule has 1 fully saturated rings. The van der Waals surface area contributed by atoms with Crippen molar-refractivity contribution >= 4 is 29.0 Å². The third-order valence-electron chi connectivity index (χ3n) is 3.70. The number of benzene rings is 1. The van der Waals surface area contributed by atoms with Gasteiger partial charge in [0.2, 0.25) is 0 Å². The molecule has 1 aromatic heterocycles. The number of rotatable bonds is 4. The van der Waals surface area contributed by atoms with Crippen LogP contribution in [0.1, 0.15) is 16.9 Å². The number of primary amides is 1. The van der Waals surface area contributed by atoms with Crippen LogP contribution in [0, 0.1) is 5.82 Å².